The first kappa shape index (κ1) is 22.9. The molecule has 8 heteroatoms. The van der Waals surface area contributed by atoms with Crippen molar-refractivity contribution in [2.45, 2.75) is 51.0 Å². The Balaban J connectivity index is 0.00000529. The fourth-order valence-electron chi connectivity index (χ4n) is 2.19. The van der Waals surface area contributed by atoms with Crippen molar-refractivity contribution in [1.82, 2.24) is 4.72 Å². The number of sulfonamides is 1. The molecule has 0 bridgehead atoms. The number of carbonyl (C=O) groups excluding carboxylic acids is 1. The summed E-state index contributed by atoms with van der Waals surface area (Å²) in [7, 11) is -3.74. The van der Waals surface area contributed by atoms with Gasteiger partial charge in [-0.2, -0.15) is 0 Å². The summed E-state index contributed by atoms with van der Waals surface area (Å²) in [6, 6.07) is 4.20. The second-order valence-electron chi connectivity index (χ2n) is 5.40. The third kappa shape index (κ3) is 6.39. The summed E-state index contributed by atoms with van der Waals surface area (Å²) in [5.74, 6) is -0.537. The number of hydrogen-bond donors (Lipinski definition) is 2. The van der Waals surface area contributed by atoms with Gasteiger partial charge in [-0.25, -0.2) is 17.9 Å². The smallest absolute Gasteiger partial charge is 0.338 e. The predicted molar refractivity (Wildman–Crippen MR) is 97.1 cm³/mol. The number of nitrogens with two attached hydrogens (primary N) is 1. The van der Waals surface area contributed by atoms with Gasteiger partial charge in [0.1, 0.15) is 0 Å². The summed E-state index contributed by atoms with van der Waals surface area (Å²) < 4.78 is 32.7. The number of ether oxygens (including phenoxy) is 1. The number of nitrogens with one attached hydrogen (secondary N) is 1. The Kier molecular flexibility index (Phi) is 10.1. The number of benzene rings is 1. The van der Waals surface area contributed by atoms with E-state index in [2.05, 4.69) is 4.72 Å². The van der Waals surface area contributed by atoms with Crippen LogP contribution in [0.15, 0.2) is 23.1 Å². The number of rotatable bonds is 9. The lowest BCUT2D eigenvalue weighted by atomic mass is 10.1. The molecule has 0 aliphatic carbocycles. The monoisotopic (exact) mass is 378 g/mol. The quantitative estimate of drug-likeness (QED) is 0.643. The van der Waals surface area contributed by atoms with Crippen molar-refractivity contribution < 1.29 is 17.9 Å². The SMILES string of the molecule is CCCCC(CN)NS(=O)(=O)c1cc(C(=O)OCC)ccc1C.Cl. The van der Waals surface area contributed by atoms with E-state index >= 15 is 0 Å². The minimum atomic E-state index is -3.74. The number of halogens is 1. The molecule has 0 saturated carbocycles. The number of carbonyl (C=O) groups is 1. The second kappa shape index (κ2) is 10.7. The molecule has 0 aliphatic heterocycles. The Bertz CT molecular complexity index is 635. The third-order valence-electron chi connectivity index (χ3n) is 3.50. The van der Waals surface area contributed by atoms with Crippen LogP contribution in [0.25, 0.3) is 0 Å². The molecule has 1 aromatic carbocycles. The van der Waals surface area contributed by atoms with Crippen LogP contribution in [-0.4, -0.2) is 33.6 Å². The van der Waals surface area contributed by atoms with E-state index < -0.39 is 16.0 Å². The van der Waals surface area contributed by atoms with Gasteiger partial charge in [-0.1, -0.05) is 25.8 Å². The standard InChI is InChI=1S/C16H26N2O4S.ClH/c1-4-6-7-14(11-17)18-23(20,21)15-10-13(9-8-12(15)3)16(19)22-5-2;/h8-10,14,18H,4-7,11,17H2,1-3H3;1H. The zero-order valence-electron chi connectivity index (χ0n) is 14.4. The van der Waals surface area contributed by atoms with E-state index in [1.165, 1.54) is 6.07 Å². The summed E-state index contributed by atoms with van der Waals surface area (Å²) >= 11 is 0. The number of aryl methyl sites for hydroxylation is 1. The van der Waals surface area contributed by atoms with Gasteiger partial charge in [0.15, 0.2) is 0 Å². The van der Waals surface area contributed by atoms with Crippen molar-refractivity contribution in [3.63, 3.8) is 0 Å². The molecule has 0 heterocycles. The van der Waals surface area contributed by atoms with Gasteiger partial charge in [-0.15, -0.1) is 12.4 Å². The van der Waals surface area contributed by atoms with Crippen molar-refractivity contribution in [3.05, 3.63) is 29.3 Å². The summed E-state index contributed by atoms with van der Waals surface area (Å²) in [6.07, 6.45) is 2.55. The minimum absolute atomic E-state index is 0. The average Bonchev–Trinajstić information content (AvgIpc) is 2.51. The number of hydrogen-bond acceptors (Lipinski definition) is 5. The molecule has 1 atom stereocenters. The first-order chi connectivity index (χ1) is 10.9. The molecule has 0 amide bonds. The highest BCUT2D eigenvalue weighted by molar-refractivity contribution is 7.89. The first-order valence-electron chi connectivity index (χ1n) is 7.85. The van der Waals surface area contributed by atoms with Gasteiger partial charge < -0.3 is 10.5 Å². The van der Waals surface area contributed by atoms with Gasteiger partial charge in [0.25, 0.3) is 0 Å². The van der Waals surface area contributed by atoms with Crippen molar-refractivity contribution in [2.24, 2.45) is 5.73 Å². The highest BCUT2D eigenvalue weighted by Crippen LogP contribution is 2.18. The molecule has 0 fully saturated rings. The zero-order valence-corrected chi connectivity index (χ0v) is 16.0. The molecule has 0 saturated heterocycles. The molecule has 0 aromatic heterocycles. The first-order valence-corrected chi connectivity index (χ1v) is 9.34. The second-order valence-corrected chi connectivity index (χ2v) is 7.08. The van der Waals surface area contributed by atoms with E-state index in [1.54, 1.807) is 26.0 Å². The molecular weight excluding hydrogens is 352 g/mol. The van der Waals surface area contributed by atoms with Crippen molar-refractivity contribution in [2.75, 3.05) is 13.2 Å². The van der Waals surface area contributed by atoms with E-state index in [1.807, 2.05) is 6.92 Å². The fourth-order valence-corrected chi connectivity index (χ4v) is 3.74. The van der Waals surface area contributed by atoms with Crippen LogP contribution in [0, 0.1) is 6.92 Å². The van der Waals surface area contributed by atoms with Gasteiger partial charge in [0.2, 0.25) is 10.0 Å². The molecular formula is C16H27ClN2O4S. The van der Waals surface area contributed by atoms with Crippen molar-refractivity contribution in [1.29, 1.82) is 0 Å². The van der Waals surface area contributed by atoms with Crippen molar-refractivity contribution in [3.8, 4) is 0 Å². The third-order valence-corrected chi connectivity index (χ3v) is 5.16. The topological polar surface area (TPSA) is 98.5 Å². The molecule has 1 unspecified atom stereocenters. The van der Waals surface area contributed by atoms with Crippen LogP contribution in [0.4, 0.5) is 0 Å². The Labute approximate surface area is 150 Å². The minimum Gasteiger partial charge on any atom is -0.462 e. The van der Waals surface area contributed by atoms with Crippen LogP contribution in [0.2, 0.25) is 0 Å². The van der Waals surface area contributed by atoms with Crippen LogP contribution < -0.4 is 10.5 Å². The Hall–Kier alpha value is -1.15. The predicted octanol–water partition coefficient (Wildman–Crippen LogP) is 2.39. The molecule has 3 N–H and O–H groups in total. The lowest BCUT2D eigenvalue weighted by molar-refractivity contribution is 0.0526. The molecule has 0 spiro atoms. The zero-order chi connectivity index (χ0) is 17.5. The molecule has 0 aliphatic rings. The van der Waals surface area contributed by atoms with Crippen LogP contribution in [0.3, 0.4) is 0 Å². The Morgan fingerprint density at radius 2 is 2.00 bits per heavy atom. The average molecular weight is 379 g/mol. The summed E-state index contributed by atoms with van der Waals surface area (Å²) in [4.78, 5) is 11.9. The Morgan fingerprint density at radius 1 is 1.33 bits per heavy atom. The van der Waals surface area contributed by atoms with Gasteiger partial charge in [-0.3, -0.25) is 0 Å². The van der Waals surface area contributed by atoms with Crippen LogP contribution in [0.1, 0.15) is 49.0 Å². The molecule has 1 aromatic rings. The van der Waals surface area contributed by atoms with Crippen molar-refractivity contribution >= 4 is 28.4 Å². The maximum absolute atomic E-state index is 12.6. The molecule has 6 nitrogen and oxygen atoms in total. The maximum atomic E-state index is 12.6. The van der Waals surface area contributed by atoms with Gasteiger partial charge in [0, 0.05) is 12.6 Å². The lowest BCUT2D eigenvalue weighted by Crippen LogP contribution is -2.40. The molecule has 138 valence electrons. The summed E-state index contributed by atoms with van der Waals surface area (Å²) in [6.45, 7) is 5.89. The van der Waals surface area contributed by atoms with Gasteiger partial charge >= 0.3 is 5.97 Å². The lowest BCUT2D eigenvalue weighted by Gasteiger charge is -2.18. The van der Waals surface area contributed by atoms with E-state index in [9.17, 15) is 13.2 Å². The molecule has 1 rings (SSSR count). The highest BCUT2D eigenvalue weighted by Gasteiger charge is 2.22. The highest BCUT2D eigenvalue weighted by atomic mass is 35.5. The molecule has 24 heavy (non-hydrogen) atoms. The largest absolute Gasteiger partial charge is 0.462 e. The van der Waals surface area contributed by atoms with E-state index in [0.717, 1.165) is 12.8 Å². The summed E-state index contributed by atoms with van der Waals surface area (Å²) in [5.41, 5.74) is 6.44. The van der Waals surface area contributed by atoms with Crippen LogP contribution >= 0.6 is 12.4 Å². The van der Waals surface area contributed by atoms with Gasteiger partial charge in [-0.05, 0) is 38.0 Å². The molecule has 0 radical (unpaired) electrons. The van der Waals surface area contributed by atoms with Crippen LogP contribution in [0.5, 0.6) is 0 Å². The number of esters is 1. The van der Waals surface area contributed by atoms with E-state index in [4.69, 9.17) is 10.5 Å². The van der Waals surface area contributed by atoms with Gasteiger partial charge in [0.05, 0.1) is 17.1 Å². The number of unbranched alkanes of at least 4 members (excludes halogenated alkanes) is 1. The van der Waals surface area contributed by atoms with E-state index in [0.29, 0.717) is 12.0 Å². The van der Waals surface area contributed by atoms with E-state index in [-0.39, 0.29) is 42.1 Å². The maximum Gasteiger partial charge on any atom is 0.338 e. The van der Waals surface area contributed by atoms with Crippen LogP contribution in [-0.2, 0) is 14.8 Å². The fraction of sp³-hybridized carbons (Fsp3) is 0.562. The normalized spacial score (nSPS) is 12.3. The Morgan fingerprint density at radius 3 is 2.54 bits per heavy atom. The summed E-state index contributed by atoms with van der Waals surface area (Å²) in [5, 5.41) is 0.